The van der Waals surface area contributed by atoms with Gasteiger partial charge in [-0.2, -0.15) is 0 Å². The SMILES string of the molecule is CS(=O)Nc1cccc(-c2ccc(C(=O)O)cc2)c1. The lowest BCUT2D eigenvalue weighted by Crippen LogP contribution is -2.00. The van der Waals surface area contributed by atoms with Gasteiger partial charge in [0.2, 0.25) is 0 Å². The van der Waals surface area contributed by atoms with Crippen molar-refractivity contribution in [3.05, 3.63) is 54.1 Å². The summed E-state index contributed by atoms with van der Waals surface area (Å²) in [7, 11) is -1.12. The summed E-state index contributed by atoms with van der Waals surface area (Å²) in [6, 6.07) is 14.1. The van der Waals surface area contributed by atoms with Crippen LogP contribution in [0.4, 0.5) is 5.69 Å². The first kappa shape index (κ1) is 13.3. The van der Waals surface area contributed by atoms with Gasteiger partial charge in [-0.1, -0.05) is 24.3 Å². The number of nitrogens with one attached hydrogen (secondary N) is 1. The van der Waals surface area contributed by atoms with Crippen molar-refractivity contribution in [3.8, 4) is 11.1 Å². The molecule has 2 aromatic carbocycles. The van der Waals surface area contributed by atoms with E-state index in [0.29, 0.717) is 0 Å². The molecule has 0 spiro atoms. The average molecular weight is 275 g/mol. The molecule has 1 unspecified atom stereocenters. The molecule has 0 bridgehead atoms. The van der Waals surface area contributed by atoms with Crippen LogP contribution in [0, 0.1) is 0 Å². The third kappa shape index (κ3) is 3.42. The van der Waals surface area contributed by atoms with Crippen LogP contribution < -0.4 is 4.72 Å². The normalized spacial score (nSPS) is 11.8. The van der Waals surface area contributed by atoms with E-state index >= 15 is 0 Å². The number of hydrogen-bond acceptors (Lipinski definition) is 2. The highest BCUT2D eigenvalue weighted by atomic mass is 32.2. The summed E-state index contributed by atoms with van der Waals surface area (Å²) in [5.41, 5.74) is 2.87. The van der Waals surface area contributed by atoms with Gasteiger partial charge in [-0.25, -0.2) is 9.00 Å². The van der Waals surface area contributed by atoms with Crippen LogP contribution in [0.5, 0.6) is 0 Å². The number of aromatic carboxylic acids is 1. The van der Waals surface area contributed by atoms with E-state index in [-0.39, 0.29) is 5.56 Å². The minimum absolute atomic E-state index is 0.257. The van der Waals surface area contributed by atoms with Gasteiger partial charge in [0.15, 0.2) is 0 Å². The molecule has 2 N–H and O–H groups in total. The monoisotopic (exact) mass is 275 g/mol. The van der Waals surface area contributed by atoms with Crippen molar-refractivity contribution < 1.29 is 14.1 Å². The van der Waals surface area contributed by atoms with Crippen molar-refractivity contribution in [1.82, 2.24) is 0 Å². The molecule has 0 saturated heterocycles. The molecule has 0 radical (unpaired) electrons. The Kier molecular flexibility index (Phi) is 3.97. The lowest BCUT2D eigenvalue weighted by molar-refractivity contribution is 0.0697. The molecule has 0 heterocycles. The zero-order valence-electron chi connectivity index (χ0n) is 10.3. The van der Waals surface area contributed by atoms with E-state index in [9.17, 15) is 9.00 Å². The maximum atomic E-state index is 11.1. The Morgan fingerprint density at radius 2 is 1.79 bits per heavy atom. The van der Waals surface area contributed by atoms with Crippen LogP contribution in [0.25, 0.3) is 11.1 Å². The molecule has 98 valence electrons. The molecule has 0 aromatic heterocycles. The zero-order valence-corrected chi connectivity index (χ0v) is 11.1. The van der Waals surface area contributed by atoms with Gasteiger partial charge in [0.1, 0.15) is 11.0 Å². The minimum atomic E-state index is -1.12. The summed E-state index contributed by atoms with van der Waals surface area (Å²) in [6.07, 6.45) is 1.56. The van der Waals surface area contributed by atoms with E-state index in [0.717, 1.165) is 16.8 Å². The standard InChI is InChI=1S/C14H13NO3S/c1-19(18)15-13-4-2-3-12(9-13)10-5-7-11(8-6-10)14(16)17/h2-9,15H,1H3,(H,16,17). The maximum Gasteiger partial charge on any atom is 0.335 e. The van der Waals surface area contributed by atoms with Gasteiger partial charge in [0.25, 0.3) is 0 Å². The van der Waals surface area contributed by atoms with E-state index in [4.69, 9.17) is 5.11 Å². The molecule has 0 amide bonds. The third-order valence-electron chi connectivity index (χ3n) is 2.59. The Bertz CT molecular complexity index is 623. The summed E-state index contributed by atoms with van der Waals surface area (Å²) < 4.78 is 13.9. The van der Waals surface area contributed by atoms with Gasteiger partial charge in [-0.3, -0.25) is 0 Å². The van der Waals surface area contributed by atoms with Crippen molar-refractivity contribution in [3.63, 3.8) is 0 Å². The molecule has 0 aliphatic rings. The number of benzene rings is 2. The maximum absolute atomic E-state index is 11.1. The number of carboxylic acid groups (broad SMARTS) is 1. The first-order chi connectivity index (χ1) is 9.06. The molecule has 2 rings (SSSR count). The first-order valence-electron chi connectivity index (χ1n) is 5.60. The van der Waals surface area contributed by atoms with Crippen LogP contribution in [0.3, 0.4) is 0 Å². The van der Waals surface area contributed by atoms with Crippen LogP contribution in [-0.4, -0.2) is 21.5 Å². The van der Waals surface area contributed by atoms with Crippen molar-refractivity contribution in [2.75, 3.05) is 11.0 Å². The lowest BCUT2D eigenvalue weighted by atomic mass is 10.0. The number of hydrogen-bond donors (Lipinski definition) is 2. The lowest BCUT2D eigenvalue weighted by Gasteiger charge is -2.06. The largest absolute Gasteiger partial charge is 0.478 e. The average Bonchev–Trinajstić information content (AvgIpc) is 2.38. The Balaban J connectivity index is 2.30. The van der Waals surface area contributed by atoms with Gasteiger partial charge < -0.3 is 9.83 Å². The molecule has 2 aromatic rings. The van der Waals surface area contributed by atoms with Crippen molar-refractivity contribution >= 4 is 22.6 Å². The number of rotatable bonds is 4. The Hall–Kier alpha value is -2.14. The van der Waals surface area contributed by atoms with Crippen LogP contribution >= 0.6 is 0 Å². The predicted octanol–water partition coefficient (Wildman–Crippen LogP) is 2.76. The Labute approximate surface area is 113 Å². The van der Waals surface area contributed by atoms with E-state index in [1.54, 1.807) is 30.5 Å². The number of anilines is 1. The fourth-order valence-corrected chi connectivity index (χ4v) is 2.19. The second-order valence-corrected chi connectivity index (χ2v) is 5.13. The van der Waals surface area contributed by atoms with Gasteiger partial charge in [0.05, 0.1) is 5.56 Å². The molecule has 0 aliphatic heterocycles. The molecule has 0 saturated carbocycles. The Morgan fingerprint density at radius 1 is 1.11 bits per heavy atom. The molecular formula is C14H13NO3S. The van der Waals surface area contributed by atoms with Gasteiger partial charge in [0, 0.05) is 11.9 Å². The summed E-state index contributed by atoms with van der Waals surface area (Å²) >= 11 is 0. The molecule has 1 atom stereocenters. The van der Waals surface area contributed by atoms with Crippen molar-refractivity contribution in [1.29, 1.82) is 0 Å². The van der Waals surface area contributed by atoms with E-state index in [1.165, 1.54) is 0 Å². The third-order valence-corrected chi connectivity index (χ3v) is 3.11. The Morgan fingerprint density at radius 3 is 2.37 bits per heavy atom. The van der Waals surface area contributed by atoms with Gasteiger partial charge in [-0.05, 0) is 35.4 Å². The zero-order chi connectivity index (χ0) is 13.8. The highest BCUT2D eigenvalue weighted by Crippen LogP contribution is 2.23. The minimum Gasteiger partial charge on any atom is -0.478 e. The number of carboxylic acids is 1. The summed E-state index contributed by atoms with van der Waals surface area (Å²) in [6.45, 7) is 0. The molecule has 4 nitrogen and oxygen atoms in total. The van der Waals surface area contributed by atoms with E-state index in [1.807, 2.05) is 24.3 Å². The molecule has 0 fully saturated rings. The molecular weight excluding hydrogens is 262 g/mol. The van der Waals surface area contributed by atoms with E-state index in [2.05, 4.69) is 4.72 Å². The molecule has 0 aliphatic carbocycles. The fraction of sp³-hybridized carbons (Fsp3) is 0.0714. The molecule has 19 heavy (non-hydrogen) atoms. The van der Waals surface area contributed by atoms with Crippen LogP contribution in [0.15, 0.2) is 48.5 Å². The van der Waals surface area contributed by atoms with E-state index < -0.39 is 17.0 Å². The number of carbonyl (C=O) groups is 1. The highest BCUT2D eigenvalue weighted by molar-refractivity contribution is 7.85. The fourth-order valence-electron chi connectivity index (χ4n) is 1.73. The van der Waals surface area contributed by atoms with Gasteiger partial charge >= 0.3 is 5.97 Å². The summed E-state index contributed by atoms with van der Waals surface area (Å²) in [5, 5.41) is 8.85. The van der Waals surface area contributed by atoms with Crippen LogP contribution in [0.2, 0.25) is 0 Å². The predicted molar refractivity (Wildman–Crippen MR) is 76.5 cm³/mol. The summed E-state index contributed by atoms with van der Waals surface area (Å²) in [5.74, 6) is -0.941. The quantitative estimate of drug-likeness (QED) is 0.901. The van der Waals surface area contributed by atoms with Crippen molar-refractivity contribution in [2.24, 2.45) is 0 Å². The second kappa shape index (κ2) is 5.67. The smallest absolute Gasteiger partial charge is 0.335 e. The highest BCUT2D eigenvalue weighted by Gasteiger charge is 2.04. The first-order valence-corrected chi connectivity index (χ1v) is 7.16. The topological polar surface area (TPSA) is 66.4 Å². The van der Waals surface area contributed by atoms with Crippen LogP contribution in [-0.2, 0) is 11.0 Å². The summed E-state index contributed by atoms with van der Waals surface area (Å²) in [4.78, 5) is 10.8. The van der Waals surface area contributed by atoms with Crippen molar-refractivity contribution in [2.45, 2.75) is 0 Å². The van der Waals surface area contributed by atoms with Crippen LogP contribution in [0.1, 0.15) is 10.4 Å². The molecule has 5 heteroatoms. The van der Waals surface area contributed by atoms with Gasteiger partial charge in [-0.15, -0.1) is 0 Å². The second-order valence-electron chi connectivity index (χ2n) is 4.02.